The van der Waals surface area contributed by atoms with Crippen LogP contribution in [0.15, 0.2) is 0 Å². The van der Waals surface area contributed by atoms with Crippen molar-refractivity contribution in [3.8, 4) is 0 Å². The van der Waals surface area contributed by atoms with Crippen LogP contribution in [-0.4, -0.2) is 28.8 Å². The monoisotopic (exact) mass is 257 g/mol. The van der Waals surface area contributed by atoms with Gasteiger partial charge in [0.1, 0.15) is 5.60 Å². The maximum atomic E-state index is 11.7. The predicted octanol–water partition coefficient (Wildman–Crippen LogP) is 2.54. The van der Waals surface area contributed by atoms with E-state index in [0.717, 1.165) is 12.8 Å². The number of aliphatic carboxylic acids is 1. The van der Waals surface area contributed by atoms with Gasteiger partial charge in [-0.1, -0.05) is 12.8 Å². The first-order valence-corrected chi connectivity index (χ1v) is 6.40. The minimum Gasteiger partial charge on any atom is -0.481 e. The zero-order valence-electron chi connectivity index (χ0n) is 11.6. The van der Waals surface area contributed by atoms with Crippen molar-refractivity contribution in [1.82, 2.24) is 5.32 Å². The Labute approximate surface area is 108 Å². The van der Waals surface area contributed by atoms with Crippen molar-refractivity contribution in [2.24, 2.45) is 5.41 Å². The van der Waals surface area contributed by atoms with Gasteiger partial charge in [0.05, 0.1) is 5.41 Å². The van der Waals surface area contributed by atoms with Crippen LogP contribution < -0.4 is 5.32 Å². The number of nitrogens with one attached hydrogen (secondary N) is 1. The number of ether oxygens (including phenoxy) is 1. The number of rotatable bonds is 3. The van der Waals surface area contributed by atoms with Crippen LogP contribution in [0, 0.1) is 5.41 Å². The number of carboxylic acid groups (broad SMARTS) is 1. The van der Waals surface area contributed by atoms with E-state index in [1.165, 1.54) is 0 Å². The fourth-order valence-corrected chi connectivity index (χ4v) is 2.46. The van der Waals surface area contributed by atoms with Gasteiger partial charge in [-0.15, -0.1) is 0 Å². The van der Waals surface area contributed by atoms with Crippen LogP contribution in [0.2, 0.25) is 0 Å². The van der Waals surface area contributed by atoms with Gasteiger partial charge in [0.15, 0.2) is 0 Å². The Kier molecular flexibility index (Phi) is 4.24. The molecule has 0 spiro atoms. The van der Waals surface area contributed by atoms with Crippen LogP contribution in [0.25, 0.3) is 0 Å². The molecule has 0 saturated heterocycles. The summed E-state index contributed by atoms with van der Waals surface area (Å²) < 4.78 is 5.15. The Bertz CT molecular complexity index is 326. The third-order valence-electron chi connectivity index (χ3n) is 3.48. The van der Waals surface area contributed by atoms with E-state index < -0.39 is 29.1 Å². The molecule has 1 amide bonds. The molecule has 18 heavy (non-hydrogen) atoms. The van der Waals surface area contributed by atoms with Crippen LogP contribution in [0.4, 0.5) is 4.79 Å². The van der Waals surface area contributed by atoms with E-state index >= 15 is 0 Å². The summed E-state index contributed by atoms with van der Waals surface area (Å²) in [6.45, 7) is 7.07. The number of carboxylic acids is 1. The Morgan fingerprint density at radius 2 is 1.78 bits per heavy atom. The lowest BCUT2D eigenvalue weighted by molar-refractivity contribution is -0.150. The maximum absolute atomic E-state index is 11.7. The van der Waals surface area contributed by atoms with E-state index in [-0.39, 0.29) is 0 Å². The third-order valence-corrected chi connectivity index (χ3v) is 3.48. The zero-order valence-corrected chi connectivity index (χ0v) is 11.6. The Balaban J connectivity index is 2.66. The summed E-state index contributed by atoms with van der Waals surface area (Å²) in [6, 6.07) is -0.424. The fraction of sp³-hybridized carbons (Fsp3) is 0.846. The van der Waals surface area contributed by atoms with Crippen LogP contribution >= 0.6 is 0 Å². The summed E-state index contributed by atoms with van der Waals surface area (Å²) >= 11 is 0. The molecular formula is C13H23NO4. The summed E-state index contributed by atoms with van der Waals surface area (Å²) in [7, 11) is 0. The van der Waals surface area contributed by atoms with Gasteiger partial charge in [-0.3, -0.25) is 4.79 Å². The number of hydrogen-bond donors (Lipinski definition) is 2. The summed E-state index contributed by atoms with van der Waals surface area (Å²) in [4.78, 5) is 23.1. The van der Waals surface area contributed by atoms with Gasteiger partial charge in [-0.25, -0.2) is 4.79 Å². The zero-order chi connectivity index (χ0) is 14.0. The summed E-state index contributed by atoms with van der Waals surface area (Å²) in [6.07, 6.45) is 2.46. The van der Waals surface area contributed by atoms with E-state index in [1.54, 1.807) is 27.7 Å². The maximum Gasteiger partial charge on any atom is 0.407 e. The number of alkyl carbamates (subject to hydrolysis) is 1. The van der Waals surface area contributed by atoms with Gasteiger partial charge in [0, 0.05) is 6.04 Å². The van der Waals surface area contributed by atoms with Crippen LogP contribution in [0.1, 0.15) is 53.4 Å². The average molecular weight is 257 g/mol. The highest BCUT2D eigenvalue weighted by atomic mass is 16.6. The number of amides is 1. The molecule has 1 unspecified atom stereocenters. The molecule has 2 N–H and O–H groups in total. The van der Waals surface area contributed by atoms with Crippen molar-refractivity contribution in [1.29, 1.82) is 0 Å². The lowest BCUT2D eigenvalue weighted by Crippen LogP contribution is -2.50. The van der Waals surface area contributed by atoms with Gasteiger partial charge >= 0.3 is 12.1 Å². The average Bonchev–Trinajstić information content (AvgIpc) is 2.63. The quantitative estimate of drug-likeness (QED) is 0.814. The molecule has 0 aromatic rings. The van der Waals surface area contributed by atoms with Crippen molar-refractivity contribution >= 4 is 12.1 Å². The Morgan fingerprint density at radius 1 is 1.28 bits per heavy atom. The van der Waals surface area contributed by atoms with Crippen molar-refractivity contribution < 1.29 is 19.4 Å². The lowest BCUT2D eigenvalue weighted by Gasteiger charge is -2.32. The summed E-state index contributed by atoms with van der Waals surface area (Å²) in [5.74, 6) is -0.830. The minimum absolute atomic E-state index is 0.424. The fourth-order valence-electron chi connectivity index (χ4n) is 2.46. The van der Waals surface area contributed by atoms with E-state index in [2.05, 4.69) is 5.32 Å². The van der Waals surface area contributed by atoms with Crippen molar-refractivity contribution in [3.63, 3.8) is 0 Å². The smallest absolute Gasteiger partial charge is 0.407 e. The normalized spacial score (nSPS) is 20.2. The third kappa shape index (κ3) is 3.37. The topological polar surface area (TPSA) is 75.6 Å². The SMILES string of the molecule is CC(NC(=O)OC(C)(C)C)C1(C(=O)O)CCCC1. The van der Waals surface area contributed by atoms with Crippen LogP contribution in [0.5, 0.6) is 0 Å². The van der Waals surface area contributed by atoms with E-state index in [9.17, 15) is 14.7 Å². The molecule has 0 heterocycles. The van der Waals surface area contributed by atoms with E-state index in [0.29, 0.717) is 12.8 Å². The molecule has 0 aromatic heterocycles. The van der Waals surface area contributed by atoms with Crippen molar-refractivity contribution in [2.75, 3.05) is 0 Å². The second-order valence-corrected chi connectivity index (χ2v) is 6.04. The molecule has 0 bridgehead atoms. The van der Waals surface area contributed by atoms with Gasteiger partial charge in [0.25, 0.3) is 0 Å². The summed E-state index contributed by atoms with van der Waals surface area (Å²) in [5.41, 5.74) is -1.41. The molecule has 0 aromatic carbocycles. The second kappa shape index (κ2) is 5.16. The molecule has 1 aliphatic carbocycles. The highest BCUT2D eigenvalue weighted by Crippen LogP contribution is 2.41. The van der Waals surface area contributed by atoms with Crippen LogP contribution in [0.3, 0.4) is 0 Å². The summed E-state index contributed by atoms with van der Waals surface area (Å²) in [5, 5.41) is 12.0. The number of carbonyl (C=O) groups excluding carboxylic acids is 1. The minimum atomic E-state index is -0.836. The molecule has 104 valence electrons. The van der Waals surface area contributed by atoms with Gasteiger partial charge in [0.2, 0.25) is 0 Å². The molecule has 5 nitrogen and oxygen atoms in total. The first-order valence-electron chi connectivity index (χ1n) is 6.40. The largest absolute Gasteiger partial charge is 0.481 e. The molecule has 1 saturated carbocycles. The highest BCUT2D eigenvalue weighted by molar-refractivity contribution is 5.77. The van der Waals surface area contributed by atoms with Gasteiger partial charge in [-0.2, -0.15) is 0 Å². The van der Waals surface area contributed by atoms with Gasteiger partial charge < -0.3 is 15.2 Å². The first kappa shape index (κ1) is 14.8. The Morgan fingerprint density at radius 3 is 2.17 bits per heavy atom. The van der Waals surface area contributed by atoms with Crippen molar-refractivity contribution in [2.45, 2.75) is 65.0 Å². The lowest BCUT2D eigenvalue weighted by atomic mass is 9.79. The van der Waals surface area contributed by atoms with E-state index in [1.807, 2.05) is 0 Å². The molecule has 0 radical (unpaired) electrons. The molecular weight excluding hydrogens is 234 g/mol. The second-order valence-electron chi connectivity index (χ2n) is 6.04. The highest BCUT2D eigenvalue weighted by Gasteiger charge is 2.46. The molecule has 1 atom stereocenters. The Hall–Kier alpha value is -1.26. The van der Waals surface area contributed by atoms with Gasteiger partial charge in [-0.05, 0) is 40.5 Å². The predicted molar refractivity (Wildman–Crippen MR) is 67.4 cm³/mol. The molecule has 1 rings (SSSR count). The van der Waals surface area contributed by atoms with E-state index in [4.69, 9.17) is 4.74 Å². The standard InChI is InChI=1S/C13H23NO4/c1-9(14-11(17)18-12(2,3)4)13(10(15)16)7-5-6-8-13/h9H,5-8H2,1-4H3,(H,14,17)(H,15,16). The number of hydrogen-bond acceptors (Lipinski definition) is 3. The molecule has 1 aliphatic rings. The number of carbonyl (C=O) groups is 2. The molecule has 1 fully saturated rings. The molecule has 0 aliphatic heterocycles. The first-order chi connectivity index (χ1) is 8.17. The molecule has 5 heteroatoms. The van der Waals surface area contributed by atoms with Crippen molar-refractivity contribution in [3.05, 3.63) is 0 Å². The van der Waals surface area contributed by atoms with Crippen LogP contribution in [-0.2, 0) is 9.53 Å².